The average Bonchev–Trinajstić information content (AvgIpc) is 2.61. The van der Waals surface area contributed by atoms with Crippen LogP contribution in [0.2, 0.25) is 0 Å². The van der Waals surface area contributed by atoms with Gasteiger partial charge in [0.05, 0.1) is 7.11 Å². The second kappa shape index (κ2) is 6.87. The van der Waals surface area contributed by atoms with Crippen LogP contribution in [0.4, 0.5) is 5.69 Å². The van der Waals surface area contributed by atoms with Crippen LogP contribution in [0.3, 0.4) is 0 Å². The summed E-state index contributed by atoms with van der Waals surface area (Å²) in [7, 11) is 1.57. The van der Waals surface area contributed by atoms with Crippen LogP contribution in [0.15, 0.2) is 54.9 Å². The Morgan fingerprint density at radius 1 is 0.833 bits per heavy atom. The Labute approximate surface area is 139 Å². The summed E-state index contributed by atoms with van der Waals surface area (Å²) < 4.78 is 16.7. The number of para-hydroxylation sites is 2. The Morgan fingerprint density at radius 2 is 1.46 bits per heavy atom. The van der Waals surface area contributed by atoms with Gasteiger partial charge in [0.1, 0.15) is 12.1 Å². The van der Waals surface area contributed by atoms with Crippen LogP contribution in [0, 0.1) is 6.92 Å². The van der Waals surface area contributed by atoms with Gasteiger partial charge in [0.2, 0.25) is 11.8 Å². The van der Waals surface area contributed by atoms with Gasteiger partial charge in [-0.25, -0.2) is 0 Å². The Morgan fingerprint density at radius 3 is 2.12 bits per heavy atom. The number of ether oxygens (including phenoxy) is 3. The zero-order chi connectivity index (χ0) is 16.9. The molecule has 2 aromatic carbocycles. The minimum atomic E-state index is 0.205. The molecule has 0 aliphatic heterocycles. The van der Waals surface area contributed by atoms with Gasteiger partial charge in [0.25, 0.3) is 0 Å². The molecular weight excluding hydrogens is 306 g/mol. The van der Waals surface area contributed by atoms with E-state index in [1.165, 1.54) is 6.33 Å². The lowest BCUT2D eigenvalue weighted by Gasteiger charge is -2.12. The van der Waals surface area contributed by atoms with Crippen molar-refractivity contribution in [1.29, 1.82) is 0 Å². The van der Waals surface area contributed by atoms with Gasteiger partial charge in [0.15, 0.2) is 17.2 Å². The highest BCUT2D eigenvalue weighted by atomic mass is 16.5. The van der Waals surface area contributed by atoms with E-state index in [1.54, 1.807) is 19.2 Å². The van der Waals surface area contributed by atoms with Crippen molar-refractivity contribution in [3.05, 3.63) is 60.4 Å². The van der Waals surface area contributed by atoms with Crippen LogP contribution in [0.25, 0.3) is 0 Å². The summed E-state index contributed by atoms with van der Waals surface area (Å²) in [5.74, 6) is 2.16. The molecule has 0 aliphatic rings. The van der Waals surface area contributed by atoms with Gasteiger partial charge >= 0.3 is 0 Å². The average molecular weight is 323 g/mol. The van der Waals surface area contributed by atoms with Gasteiger partial charge < -0.3 is 19.9 Å². The van der Waals surface area contributed by atoms with Gasteiger partial charge in [-0.15, -0.1) is 0 Å². The second-order valence-corrected chi connectivity index (χ2v) is 5.07. The van der Waals surface area contributed by atoms with E-state index in [9.17, 15) is 0 Å². The first-order chi connectivity index (χ1) is 11.7. The van der Waals surface area contributed by atoms with Crippen molar-refractivity contribution in [3.63, 3.8) is 0 Å². The number of aromatic nitrogens is 2. The lowest BCUT2D eigenvalue weighted by atomic mass is 10.2. The molecule has 3 aromatic rings. The lowest BCUT2D eigenvalue weighted by Crippen LogP contribution is -2.01. The number of benzene rings is 2. The highest BCUT2D eigenvalue weighted by molar-refractivity contribution is 5.58. The van der Waals surface area contributed by atoms with E-state index in [0.717, 1.165) is 5.56 Å². The fourth-order valence-corrected chi connectivity index (χ4v) is 2.05. The Bertz CT molecular complexity index is 835. The van der Waals surface area contributed by atoms with Crippen molar-refractivity contribution >= 4 is 5.69 Å². The number of aryl methyl sites for hydroxylation is 1. The highest BCUT2D eigenvalue weighted by Gasteiger charge is 2.14. The number of rotatable bonds is 5. The van der Waals surface area contributed by atoms with Crippen molar-refractivity contribution in [2.24, 2.45) is 0 Å². The lowest BCUT2D eigenvalue weighted by molar-refractivity contribution is 0.373. The number of nitrogens with two attached hydrogens (primary N) is 1. The molecule has 0 spiro atoms. The summed E-state index contributed by atoms with van der Waals surface area (Å²) in [6.45, 7) is 2.00. The van der Waals surface area contributed by atoms with Crippen LogP contribution in [0.1, 0.15) is 5.56 Å². The summed E-state index contributed by atoms with van der Waals surface area (Å²) in [4.78, 5) is 8.14. The minimum absolute atomic E-state index is 0.205. The van der Waals surface area contributed by atoms with Crippen molar-refractivity contribution < 1.29 is 14.2 Å². The van der Waals surface area contributed by atoms with E-state index in [4.69, 9.17) is 19.9 Å². The van der Waals surface area contributed by atoms with Gasteiger partial charge in [-0.05, 0) is 31.2 Å². The standard InChI is InChI=1S/C18H17N3O3/c1-12-7-9-13(10-8-12)23-17-16(19)18(21-11-20-17)24-15-6-4-3-5-14(15)22-2/h3-11H,19H2,1-2H3. The normalized spacial score (nSPS) is 10.2. The minimum Gasteiger partial charge on any atom is -0.493 e. The third kappa shape index (κ3) is 3.38. The zero-order valence-electron chi connectivity index (χ0n) is 13.4. The van der Waals surface area contributed by atoms with E-state index in [1.807, 2.05) is 43.3 Å². The number of hydrogen-bond donors (Lipinski definition) is 1. The zero-order valence-corrected chi connectivity index (χ0v) is 13.4. The topological polar surface area (TPSA) is 79.5 Å². The molecule has 3 rings (SSSR count). The summed E-state index contributed by atoms with van der Waals surface area (Å²) in [5.41, 5.74) is 7.43. The molecule has 0 unspecified atom stereocenters. The second-order valence-electron chi connectivity index (χ2n) is 5.07. The molecule has 122 valence electrons. The maximum atomic E-state index is 6.08. The van der Waals surface area contributed by atoms with Gasteiger partial charge in [-0.1, -0.05) is 29.8 Å². The molecule has 0 bridgehead atoms. The molecule has 6 heteroatoms. The molecule has 0 fully saturated rings. The maximum Gasteiger partial charge on any atom is 0.250 e. The summed E-state index contributed by atoms with van der Waals surface area (Å²) in [6.07, 6.45) is 1.34. The SMILES string of the molecule is COc1ccccc1Oc1ncnc(Oc2ccc(C)cc2)c1N. The predicted octanol–water partition coefficient (Wildman–Crippen LogP) is 3.96. The van der Waals surface area contributed by atoms with Crippen LogP contribution in [-0.4, -0.2) is 17.1 Å². The monoisotopic (exact) mass is 323 g/mol. The summed E-state index contributed by atoms with van der Waals surface area (Å²) in [6, 6.07) is 14.8. The molecular formula is C18H17N3O3. The molecule has 6 nitrogen and oxygen atoms in total. The molecule has 0 amide bonds. The number of nitrogens with zero attached hydrogens (tertiary/aromatic N) is 2. The van der Waals surface area contributed by atoms with Crippen LogP contribution >= 0.6 is 0 Å². The van der Waals surface area contributed by atoms with Crippen LogP contribution < -0.4 is 19.9 Å². The number of hydrogen-bond acceptors (Lipinski definition) is 6. The van der Waals surface area contributed by atoms with Crippen LogP contribution in [0.5, 0.6) is 29.0 Å². The molecule has 1 heterocycles. The largest absolute Gasteiger partial charge is 0.493 e. The van der Waals surface area contributed by atoms with Gasteiger partial charge in [-0.3, -0.25) is 0 Å². The van der Waals surface area contributed by atoms with E-state index < -0.39 is 0 Å². The Hall–Kier alpha value is -3.28. The summed E-state index contributed by atoms with van der Waals surface area (Å²) in [5, 5.41) is 0. The summed E-state index contributed by atoms with van der Waals surface area (Å²) >= 11 is 0. The Kier molecular flexibility index (Phi) is 4.47. The van der Waals surface area contributed by atoms with Crippen molar-refractivity contribution in [3.8, 4) is 29.0 Å². The first-order valence-corrected chi connectivity index (χ1v) is 7.33. The van der Waals surface area contributed by atoms with Crippen molar-refractivity contribution in [1.82, 2.24) is 9.97 Å². The van der Waals surface area contributed by atoms with Crippen molar-refractivity contribution in [2.45, 2.75) is 6.92 Å². The van der Waals surface area contributed by atoms with Gasteiger partial charge in [-0.2, -0.15) is 9.97 Å². The molecule has 0 saturated carbocycles. The quantitative estimate of drug-likeness (QED) is 0.765. The number of methoxy groups -OCH3 is 1. The van der Waals surface area contributed by atoms with E-state index >= 15 is 0 Å². The molecule has 24 heavy (non-hydrogen) atoms. The van der Waals surface area contributed by atoms with E-state index in [-0.39, 0.29) is 17.4 Å². The molecule has 0 saturated heterocycles. The molecule has 0 atom stereocenters. The first-order valence-electron chi connectivity index (χ1n) is 7.33. The van der Waals surface area contributed by atoms with Crippen molar-refractivity contribution in [2.75, 3.05) is 12.8 Å². The fourth-order valence-electron chi connectivity index (χ4n) is 2.05. The van der Waals surface area contributed by atoms with E-state index in [0.29, 0.717) is 17.2 Å². The molecule has 1 aromatic heterocycles. The van der Waals surface area contributed by atoms with Gasteiger partial charge in [0, 0.05) is 0 Å². The maximum absolute atomic E-state index is 6.08. The third-order valence-electron chi connectivity index (χ3n) is 3.32. The molecule has 0 aliphatic carbocycles. The molecule has 2 N–H and O–H groups in total. The highest BCUT2D eigenvalue weighted by Crippen LogP contribution is 2.36. The van der Waals surface area contributed by atoms with E-state index in [2.05, 4.69) is 9.97 Å². The smallest absolute Gasteiger partial charge is 0.250 e. The van der Waals surface area contributed by atoms with Crippen LogP contribution in [-0.2, 0) is 0 Å². The first kappa shape index (κ1) is 15.6. The fraction of sp³-hybridized carbons (Fsp3) is 0.111. The Balaban J connectivity index is 1.86. The number of anilines is 1. The molecule has 0 radical (unpaired) electrons. The number of nitrogen functional groups attached to an aromatic ring is 1. The predicted molar refractivity (Wildman–Crippen MR) is 90.8 cm³/mol. The third-order valence-corrected chi connectivity index (χ3v) is 3.32.